The molecule has 1 heterocycles. The van der Waals surface area contributed by atoms with Gasteiger partial charge in [0.1, 0.15) is 11.2 Å². The van der Waals surface area contributed by atoms with Crippen LogP contribution in [0.15, 0.2) is 205 Å². The molecule has 0 aliphatic heterocycles. The molecule has 274 valence electrons. The quantitative estimate of drug-likeness (QED) is 0.175. The van der Waals surface area contributed by atoms with Crippen LogP contribution in [-0.2, 0) is 10.8 Å². The number of para-hydroxylation sites is 1. The molecule has 0 spiro atoms. The largest absolute Gasteiger partial charge is 0.456 e. The van der Waals surface area contributed by atoms with Gasteiger partial charge >= 0.3 is 0 Å². The highest BCUT2D eigenvalue weighted by molar-refractivity contribution is 6.13. The van der Waals surface area contributed by atoms with Gasteiger partial charge in [0.05, 0.1) is 16.5 Å². The molecular weight excluding hydrogens is 703 g/mol. The van der Waals surface area contributed by atoms with Crippen molar-refractivity contribution in [2.45, 2.75) is 24.7 Å². The maximum atomic E-state index is 6.54. The van der Waals surface area contributed by atoms with Crippen molar-refractivity contribution in [3.05, 3.63) is 234 Å². The molecule has 0 N–H and O–H groups in total. The van der Waals surface area contributed by atoms with Crippen LogP contribution >= 0.6 is 0 Å². The van der Waals surface area contributed by atoms with Gasteiger partial charge in [-0.15, -0.1) is 0 Å². The standard InChI is InChI=1S/C56H39NO/c1-55(2)47-24-13-11-22-42(47)43-32-29-39(34-48(43)55)57(50-25-15-27-52-53(50)46-23-12-14-26-51(46)58-52)40-30-33-44-45-31-28-36-16-9-10-21-41(36)54(45)56(49(44)35-40,37-17-5-3-6-18-37)38-19-7-4-8-20-38/h3-35H,1-2H3. The molecule has 0 bridgehead atoms. The van der Waals surface area contributed by atoms with Crippen molar-refractivity contribution < 1.29 is 4.42 Å². The lowest BCUT2D eigenvalue weighted by atomic mass is 9.66. The number of rotatable bonds is 5. The van der Waals surface area contributed by atoms with Crippen molar-refractivity contribution in [1.82, 2.24) is 0 Å². The maximum absolute atomic E-state index is 6.54. The van der Waals surface area contributed by atoms with Gasteiger partial charge in [-0.3, -0.25) is 0 Å². The molecule has 0 unspecified atom stereocenters. The fourth-order valence-electron chi connectivity index (χ4n) is 10.6. The van der Waals surface area contributed by atoms with E-state index in [9.17, 15) is 0 Å². The minimum absolute atomic E-state index is 0.154. The average Bonchev–Trinajstić information content (AvgIpc) is 3.89. The molecule has 0 atom stereocenters. The minimum Gasteiger partial charge on any atom is -0.456 e. The van der Waals surface area contributed by atoms with Gasteiger partial charge in [0.25, 0.3) is 0 Å². The summed E-state index contributed by atoms with van der Waals surface area (Å²) in [6.45, 7) is 4.72. The molecule has 0 saturated carbocycles. The van der Waals surface area contributed by atoms with Crippen molar-refractivity contribution >= 4 is 49.8 Å². The van der Waals surface area contributed by atoms with Gasteiger partial charge in [0.2, 0.25) is 0 Å². The van der Waals surface area contributed by atoms with Crippen LogP contribution in [0, 0.1) is 0 Å². The van der Waals surface area contributed by atoms with Crippen LogP contribution in [-0.4, -0.2) is 0 Å². The van der Waals surface area contributed by atoms with E-state index in [0.29, 0.717) is 0 Å². The van der Waals surface area contributed by atoms with Gasteiger partial charge in [-0.1, -0.05) is 172 Å². The topological polar surface area (TPSA) is 16.4 Å². The third-order valence-electron chi connectivity index (χ3n) is 13.1. The minimum atomic E-state index is -0.578. The SMILES string of the molecule is CC1(C)c2ccccc2-c2ccc(N(c3ccc4c(c3)C(c3ccccc3)(c3ccccc3)c3c-4ccc4ccccc34)c3cccc4oc5ccccc5c34)cc21. The predicted octanol–water partition coefficient (Wildman–Crippen LogP) is 14.9. The Balaban J connectivity index is 1.18. The van der Waals surface area contributed by atoms with Gasteiger partial charge in [-0.05, 0) is 109 Å². The lowest BCUT2D eigenvalue weighted by Gasteiger charge is -2.35. The molecule has 1 aromatic heterocycles. The number of nitrogens with zero attached hydrogens (tertiary/aromatic N) is 1. The zero-order valence-corrected chi connectivity index (χ0v) is 32.4. The van der Waals surface area contributed by atoms with E-state index >= 15 is 0 Å². The zero-order valence-electron chi connectivity index (χ0n) is 32.4. The third-order valence-corrected chi connectivity index (χ3v) is 13.1. The van der Waals surface area contributed by atoms with Crippen molar-refractivity contribution in [3.8, 4) is 22.3 Å². The summed E-state index contributed by atoms with van der Waals surface area (Å²) >= 11 is 0. The highest BCUT2D eigenvalue weighted by Gasteiger charge is 2.47. The van der Waals surface area contributed by atoms with Gasteiger partial charge in [-0.2, -0.15) is 0 Å². The average molecular weight is 742 g/mol. The Morgan fingerprint density at radius 3 is 1.74 bits per heavy atom. The second-order valence-corrected chi connectivity index (χ2v) is 16.4. The van der Waals surface area contributed by atoms with Crippen molar-refractivity contribution in [2.24, 2.45) is 0 Å². The molecule has 2 heteroatoms. The van der Waals surface area contributed by atoms with E-state index in [1.54, 1.807) is 0 Å². The predicted molar refractivity (Wildman–Crippen MR) is 241 cm³/mol. The molecule has 0 fully saturated rings. The van der Waals surface area contributed by atoms with Crippen LogP contribution in [0.2, 0.25) is 0 Å². The zero-order chi connectivity index (χ0) is 38.6. The summed E-state index contributed by atoms with van der Waals surface area (Å²) in [6.07, 6.45) is 0. The van der Waals surface area contributed by atoms with Gasteiger partial charge < -0.3 is 9.32 Å². The first-order valence-corrected chi connectivity index (χ1v) is 20.3. The molecule has 2 aliphatic rings. The first-order valence-electron chi connectivity index (χ1n) is 20.3. The number of benzene rings is 9. The number of furan rings is 1. The molecule has 0 saturated heterocycles. The molecular formula is C56H39NO. The van der Waals surface area contributed by atoms with Crippen LogP contribution in [0.1, 0.15) is 47.2 Å². The molecule has 12 rings (SSSR count). The molecule has 2 aliphatic carbocycles. The monoisotopic (exact) mass is 741 g/mol. The Morgan fingerprint density at radius 2 is 0.983 bits per heavy atom. The summed E-state index contributed by atoms with van der Waals surface area (Å²) in [7, 11) is 0. The van der Waals surface area contributed by atoms with Crippen LogP contribution < -0.4 is 4.90 Å². The Bertz CT molecular complexity index is 3220. The summed E-state index contributed by atoms with van der Waals surface area (Å²) in [6, 6.07) is 73.9. The van der Waals surface area contributed by atoms with Crippen LogP contribution in [0.3, 0.4) is 0 Å². The fourth-order valence-corrected chi connectivity index (χ4v) is 10.6. The number of anilines is 3. The normalized spacial score (nSPS) is 14.3. The Kier molecular flexibility index (Phi) is 6.93. The lowest BCUT2D eigenvalue weighted by molar-refractivity contribution is 0.660. The van der Waals surface area contributed by atoms with Crippen LogP contribution in [0.5, 0.6) is 0 Å². The Hall–Kier alpha value is -7.16. The van der Waals surface area contributed by atoms with Crippen LogP contribution in [0.4, 0.5) is 17.1 Å². The smallest absolute Gasteiger partial charge is 0.137 e. The number of hydrogen-bond acceptors (Lipinski definition) is 2. The highest BCUT2D eigenvalue weighted by Crippen LogP contribution is 2.60. The molecule has 58 heavy (non-hydrogen) atoms. The molecule has 0 radical (unpaired) electrons. The third kappa shape index (κ3) is 4.43. The second-order valence-electron chi connectivity index (χ2n) is 16.4. The number of hydrogen-bond donors (Lipinski definition) is 0. The first kappa shape index (κ1) is 33.0. The fraction of sp³-hybridized carbons (Fsp3) is 0.0714. The summed E-state index contributed by atoms with van der Waals surface area (Å²) in [4.78, 5) is 2.48. The van der Waals surface area contributed by atoms with E-state index in [4.69, 9.17) is 4.42 Å². The summed E-state index contributed by atoms with van der Waals surface area (Å²) in [5, 5.41) is 4.73. The van der Waals surface area contributed by atoms with Gasteiger partial charge in [0, 0.05) is 22.2 Å². The van der Waals surface area contributed by atoms with Crippen molar-refractivity contribution in [2.75, 3.05) is 4.90 Å². The lowest BCUT2D eigenvalue weighted by Crippen LogP contribution is -2.29. The number of fused-ring (bicyclic) bond motifs is 11. The van der Waals surface area contributed by atoms with E-state index in [1.165, 1.54) is 66.4 Å². The van der Waals surface area contributed by atoms with Crippen LogP contribution in [0.25, 0.3) is 55.0 Å². The van der Waals surface area contributed by atoms with Gasteiger partial charge in [-0.25, -0.2) is 0 Å². The Labute approximate surface area is 338 Å². The van der Waals surface area contributed by atoms with E-state index in [0.717, 1.165) is 39.0 Å². The highest BCUT2D eigenvalue weighted by atomic mass is 16.3. The Morgan fingerprint density at radius 1 is 0.414 bits per heavy atom. The summed E-state index contributed by atoms with van der Waals surface area (Å²) in [5.74, 6) is 0. The summed E-state index contributed by atoms with van der Waals surface area (Å²) in [5.41, 5.74) is 17.3. The maximum Gasteiger partial charge on any atom is 0.137 e. The van der Waals surface area contributed by atoms with Gasteiger partial charge in [0.15, 0.2) is 0 Å². The molecule has 0 amide bonds. The summed E-state index contributed by atoms with van der Waals surface area (Å²) < 4.78 is 6.54. The van der Waals surface area contributed by atoms with E-state index < -0.39 is 5.41 Å². The second kappa shape index (κ2) is 12.2. The van der Waals surface area contributed by atoms with E-state index in [1.807, 2.05) is 0 Å². The van der Waals surface area contributed by atoms with E-state index in [-0.39, 0.29) is 5.41 Å². The van der Waals surface area contributed by atoms with Crippen molar-refractivity contribution in [3.63, 3.8) is 0 Å². The molecule has 2 nitrogen and oxygen atoms in total. The molecule has 9 aromatic carbocycles. The first-order chi connectivity index (χ1) is 28.5. The van der Waals surface area contributed by atoms with Crippen molar-refractivity contribution in [1.29, 1.82) is 0 Å². The molecule has 10 aromatic rings. The van der Waals surface area contributed by atoms with E-state index in [2.05, 4.69) is 219 Å².